The summed E-state index contributed by atoms with van der Waals surface area (Å²) in [6.45, 7) is 0.281. The summed E-state index contributed by atoms with van der Waals surface area (Å²) in [6, 6.07) is 28.4. The SMILES string of the molecule is COC(=O)Cc1ccc(COc2cccc(-c3c(-c4ccccc4)cnc4c(C(F)(F)F)cccc34)c2)cc1. The summed E-state index contributed by atoms with van der Waals surface area (Å²) in [5.41, 5.74) is 3.80. The van der Waals surface area contributed by atoms with Gasteiger partial charge in [-0.2, -0.15) is 13.2 Å². The number of alkyl halides is 3. The number of rotatable bonds is 7. The number of fused-ring (bicyclic) bond motifs is 1. The predicted octanol–water partition coefficient (Wildman–Crippen LogP) is 7.88. The zero-order valence-electron chi connectivity index (χ0n) is 21.0. The summed E-state index contributed by atoms with van der Waals surface area (Å²) < 4.78 is 52.2. The number of aromatic nitrogens is 1. The van der Waals surface area contributed by atoms with E-state index in [0.717, 1.165) is 28.3 Å². The molecule has 0 fully saturated rings. The molecule has 5 rings (SSSR count). The van der Waals surface area contributed by atoms with Crippen LogP contribution >= 0.6 is 0 Å². The molecule has 5 aromatic rings. The van der Waals surface area contributed by atoms with Crippen molar-refractivity contribution in [3.8, 4) is 28.0 Å². The van der Waals surface area contributed by atoms with Crippen molar-refractivity contribution < 1.29 is 27.4 Å². The Morgan fingerprint density at radius 2 is 1.51 bits per heavy atom. The molecule has 0 aliphatic heterocycles. The standard InChI is InChI=1S/C32H24F3NO3/c1-38-29(37)17-21-13-15-22(16-14-21)20-39-25-10-5-9-24(18-25)30-26-11-6-12-28(32(33,34)35)31(26)36-19-27(30)23-7-3-2-4-8-23/h2-16,18-19H,17,20H2,1H3. The van der Waals surface area contributed by atoms with Gasteiger partial charge in [0.1, 0.15) is 12.4 Å². The topological polar surface area (TPSA) is 48.4 Å². The van der Waals surface area contributed by atoms with E-state index in [4.69, 9.17) is 9.47 Å². The minimum atomic E-state index is -4.53. The summed E-state index contributed by atoms with van der Waals surface area (Å²) in [5.74, 6) is 0.263. The Morgan fingerprint density at radius 1 is 0.821 bits per heavy atom. The Morgan fingerprint density at radius 3 is 2.23 bits per heavy atom. The molecule has 0 aliphatic carbocycles. The lowest BCUT2D eigenvalue weighted by Gasteiger charge is -2.17. The molecule has 4 aromatic carbocycles. The summed E-state index contributed by atoms with van der Waals surface area (Å²) >= 11 is 0. The molecule has 0 bridgehead atoms. The highest BCUT2D eigenvalue weighted by Crippen LogP contribution is 2.42. The Labute approximate surface area is 223 Å². The smallest absolute Gasteiger partial charge is 0.418 e. The Hall–Kier alpha value is -4.65. The van der Waals surface area contributed by atoms with Crippen molar-refractivity contribution in [2.45, 2.75) is 19.2 Å². The van der Waals surface area contributed by atoms with Crippen molar-refractivity contribution in [3.05, 3.63) is 120 Å². The van der Waals surface area contributed by atoms with Crippen molar-refractivity contribution in [1.82, 2.24) is 4.98 Å². The van der Waals surface area contributed by atoms with E-state index in [1.165, 1.54) is 19.4 Å². The van der Waals surface area contributed by atoms with Crippen LogP contribution in [0.25, 0.3) is 33.2 Å². The van der Waals surface area contributed by atoms with Crippen LogP contribution in [0.3, 0.4) is 0 Å². The number of halogens is 3. The summed E-state index contributed by atoms with van der Waals surface area (Å²) in [5, 5.41) is 0.407. The Bertz CT molecular complexity index is 1610. The molecule has 0 saturated carbocycles. The van der Waals surface area contributed by atoms with Gasteiger partial charge in [0, 0.05) is 22.7 Å². The Kier molecular flexibility index (Phi) is 7.32. The summed E-state index contributed by atoms with van der Waals surface area (Å²) in [6.07, 6.45) is -2.83. The van der Waals surface area contributed by atoms with Gasteiger partial charge in [0.05, 0.1) is 24.6 Å². The third-order valence-electron chi connectivity index (χ3n) is 6.41. The zero-order valence-corrected chi connectivity index (χ0v) is 21.0. The van der Waals surface area contributed by atoms with Crippen LogP contribution in [-0.2, 0) is 28.7 Å². The van der Waals surface area contributed by atoms with Crippen molar-refractivity contribution in [2.24, 2.45) is 0 Å². The second-order valence-electron chi connectivity index (χ2n) is 9.00. The van der Waals surface area contributed by atoms with Crippen LogP contribution in [0.15, 0.2) is 103 Å². The number of methoxy groups -OCH3 is 1. The van der Waals surface area contributed by atoms with Crippen LogP contribution in [0.4, 0.5) is 13.2 Å². The maximum Gasteiger partial charge on any atom is 0.418 e. The second kappa shape index (κ2) is 11.0. The van der Waals surface area contributed by atoms with Crippen LogP contribution in [-0.4, -0.2) is 18.1 Å². The third kappa shape index (κ3) is 5.77. The molecule has 0 spiro atoms. The number of hydrogen-bond acceptors (Lipinski definition) is 4. The minimum absolute atomic E-state index is 0.0990. The van der Waals surface area contributed by atoms with Crippen LogP contribution in [0, 0.1) is 0 Å². The van der Waals surface area contributed by atoms with E-state index >= 15 is 0 Å². The van der Waals surface area contributed by atoms with Crippen molar-refractivity contribution in [2.75, 3.05) is 7.11 Å². The van der Waals surface area contributed by atoms with Crippen molar-refractivity contribution in [1.29, 1.82) is 0 Å². The fourth-order valence-corrected chi connectivity index (χ4v) is 4.50. The van der Waals surface area contributed by atoms with Gasteiger partial charge >= 0.3 is 12.1 Å². The molecule has 0 atom stereocenters. The quantitative estimate of drug-likeness (QED) is 0.202. The maximum absolute atomic E-state index is 13.8. The van der Waals surface area contributed by atoms with Gasteiger partial charge in [-0.3, -0.25) is 9.78 Å². The number of nitrogens with zero attached hydrogens (tertiary/aromatic N) is 1. The van der Waals surface area contributed by atoms with Gasteiger partial charge in [-0.05, 0) is 40.5 Å². The first kappa shape index (κ1) is 26.0. The van der Waals surface area contributed by atoms with Crippen LogP contribution < -0.4 is 4.74 Å². The highest BCUT2D eigenvalue weighted by atomic mass is 19.4. The highest BCUT2D eigenvalue weighted by Gasteiger charge is 2.33. The van der Waals surface area contributed by atoms with Gasteiger partial charge in [-0.1, -0.05) is 78.9 Å². The minimum Gasteiger partial charge on any atom is -0.489 e. The largest absolute Gasteiger partial charge is 0.489 e. The number of carbonyl (C=O) groups is 1. The first-order valence-corrected chi connectivity index (χ1v) is 12.3. The zero-order chi connectivity index (χ0) is 27.4. The molecule has 196 valence electrons. The second-order valence-corrected chi connectivity index (χ2v) is 9.00. The number of para-hydroxylation sites is 1. The predicted molar refractivity (Wildman–Crippen MR) is 144 cm³/mol. The Balaban J connectivity index is 1.52. The molecule has 0 radical (unpaired) electrons. The van der Waals surface area contributed by atoms with Gasteiger partial charge < -0.3 is 9.47 Å². The number of benzene rings is 4. The lowest BCUT2D eigenvalue weighted by Crippen LogP contribution is -2.07. The fraction of sp³-hybridized carbons (Fsp3) is 0.125. The first-order chi connectivity index (χ1) is 18.8. The van der Waals surface area contributed by atoms with Gasteiger partial charge in [-0.15, -0.1) is 0 Å². The van der Waals surface area contributed by atoms with Gasteiger partial charge in [0.25, 0.3) is 0 Å². The summed E-state index contributed by atoms with van der Waals surface area (Å²) in [7, 11) is 1.35. The first-order valence-electron chi connectivity index (χ1n) is 12.3. The molecule has 1 aromatic heterocycles. The number of pyridine rings is 1. The molecule has 4 nitrogen and oxygen atoms in total. The molecule has 0 amide bonds. The average Bonchev–Trinajstić information content (AvgIpc) is 2.96. The monoisotopic (exact) mass is 527 g/mol. The van der Waals surface area contributed by atoms with Gasteiger partial charge in [0.15, 0.2) is 0 Å². The molecule has 0 saturated heterocycles. The van der Waals surface area contributed by atoms with Crippen LogP contribution in [0.1, 0.15) is 16.7 Å². The molecular weight excluding hydrogens is 503 g/mol. The molecule has 39 heavy (non-hydrogen) atoms. The summed E-state index contributed by atoms with van der Waals surface area (Å²) in [4.78, 5) is 15.7. The lowest BCUT2D eigenvalue weighted by atomic mass is 9.91. The van der Waals surface area contributed by atoms with Crippen LogP contribution in [0.2, 0.25) is 0 Å². The van der Waals surface area contributed by atoms with E-state index in [9.17, 15) is 18.0 Å². The lowest BCUT2D eigenvalue weighted by molar-refractivity contribution is -0.140. The number of hydrogen-bond donors (Lipinski definition) is 0. The van der Waals surface area contributed by atoms with E-state index in [-0.39, 0.29) is 24.5 Å². The number of esters is 1. The molecule has 0 N–H and O–H groups in total. The van der Waals surface area contributed by atoms with E-state index in [1.54, 1.807) is 6.07 Å². The normalized spacial score (nSPS) is 11.4. The maximum atomic E-state index is 13.8. The molecule has 1 heterocycles. The molecular formula is C32H24F3NO3. The number of carbonyl (C=O) groups excluding carboxylic acids is 1. The van der Waals surface area contributed by atoms with E-state index in [0.29, 0.717) is 22.3 Å². The molecule has 0 unspecified atom stereocenters. The number of ether oxygens (including phenoxy) is 2. The fourth-order valence-electron chi connectivity index (χ4n) is 4.50. The van der Waals surface area contributed by atoms with E-state index < -0.39 is 11.7 Å². The molecule has 7 heteroatoms. The van der Waals surface area contributed by atoms with Crippen molar-refractivity contribution in [3.63, 3.8) is 0 Å². The van der Waals surface area contributed by atoms with E-state index in [2.05, 4.69) is 4.98 Å². The van der Waals surface area contributed by atoms with Crippen molar-refractivity contribution >= 4 is 16.9 Å². The highest BCUT2D eigenvalue weighted by molar-refractivity contribution is 6.03. The molecule has 0 aliphatic rings. The average molecular weight is 528 g/mol. The third-order valence-corrected chi connectivity index (χ3v) is 6.41. The van der Waals surface area contributed by atoms with E-state index in [1.807, 2.05) is 78.9 Å². The van der Waals surface area contributed by atoms with Gasteiger partial charge in [0.2, 0.25) is 0 Å². The van der Waals surface area contributed by atoms with Crippen LogP contribution in [0.5, 0.6) is 5.75 Å². The van der Waals surface area contributed by atoms with Gasteiger partial charge in [-0.25, -0.2) is 0 Å².